The second-order valence-electron chi connectivity index (χ2n) is 6.35. The number of benzene rings is 1. The maximum atomic E-state index is 12.6. The SMILES string of the molecule is O=C(Cc1ccc(-c2ccc(C(F)(F)F)cc2)s1)NCCC1CNCCO1. The molecule has 1 atom stereocenters. The van der Waals surface area contributed by atoms with E-state index in [0.29, 0.717) is 18.7 Å². The Morgan fingerprint density at radius 2 is 2.00 bits per heavy atom. The number of thiophene rings is 1. The van der Waals surface area contributed by atoms with E-state index in [1.165, 1.54) is 23.5 Å². The first-order valence-corrected chi connectivity index (χ1v) is 9.59. The second kappa shape index (κ2) is 8.86. The average molecular weight is 398 g/mol. The first kappa shape index (κ1) is 19.9. The third kappa shape index (κ3) is 5.79. The molecule has 0 spiro atoms. The van der Waals surface area contributed by atoms with Crippen LogP contribution in [0.4, 0.5) is 13.2 Å². The van der Waals surface area contributed by atoms with Crippen molar-refractivity contribution in [3.8, 4) is 10.4 Å². The van der Waals surface area contributed by atoms with Gasteiger partial charge in [-0.05, 0) is 36.2 Å². The van der Waals surface area contributed by atoms with Gasteiger partial charge in [0.1, 0.15) is 0 Å². The predicted molar refractivity (Wildman–Crippen MR) is 98.7 cm³/mol. The van der Waals surface area contributed by atoms with Crippen molar-refractivity contribution in [1.82, 2.24) is 10.6 Å². The normalized spacial score (nSPS) is 17.7. The molecule has 1 aliphatic heterocycles. The van der Waals surface area contributed by atoms with E-state index in [1.54, 1.807) is 0 Å². The zero-order valence-electron chi connectivity index (χ0n) is 14.6. The van der Waals surface area contributed by atoms with Crippen LogP contribution in [0.1, 0.15) is 16.9 Å². The van der Waals surface area contributed by atoms with Gasteiger partial charge >= 0.3 is 6.18 Å². The van der Waals surface area contributed by atoms with E-state index in [-0.39, 0.29) is 18.4 Å². The van der Waals surface area contributed by atoms with Crippen molar-refractivity contribution in [2.45, 2.75) is 25.1 Å². The summed E-state index contributed by atoms with van der Waals surface area (Å²) in [6.45, 7) is 2.92. The van der Waals surface area contributed by atoms with Gasteiger partial charge in [-0.2, -0.15) is 13.2 Å². The standard InChI is InChI=1S/C19H21F3N2O2S/c20-19(21,22)14-3-1-13(2-4-14)17-6-5-16(27-17)11-18(25)24-8-7-15-12-23-9-10-26-15/h1-6,15,23H,7-12H2,(H,24,25). The maximum absolute atomic E-state index is 12.6. The van der Waals surface area contributed by atoms with Crippen LogP contribution in [0, 0.1) is 0 Å². The lowest BCUT2D eigenvalue weighted by Crippen LogP contribution is -2.40. The third-order valence-corrected chi connectivity index (χ3v) is 5.42. The fraction of sp³-hybridized carbons (Fsp3) is 0.421. The van der Waals surface area contributed by atoms with E-state index in [2.05, 4.69) is 10.6 Å². The van der Waals surface area contributed by atoms with Crippen molar-refractivity contribution in [1.29, 1.82) is 0 Å². The van der Waals surface area contributed by atoms with Crippen LogP contribution in [0.2, 0.25) is 0 Å². The van der Waals surface area contributed by atoms with Crippen molar-refractivity contribution in [3.05, 3.63) is 46.8 Å². The first-order valence-electron chi connectivity index (χ1n) is 8.77. The Labute approximate surface area is 159 Å². The average Bonchev–Trinajstić information content (AvgIpc) is 3.10. The molecule has 1 aliphatic rings. The molecule has 2 heterocycles. The minimum absolute atomic E-state index is 0.0698. The Morgan fingerprint density at radius 3 is 2.67 bits per heavy atom. The molecule has 0 bridgehead atoms. The zero-order valence-corrected chi connectivity index (χ0v) is 15.5. The molecule has 0 radical (unpaired) electrons. The Bertz CT molecular complexity index is 753. The molecule has 2 aromatic rings. The number of alkyl halides is 3. The summed E-state index contributed by atoms with van der Waals surface area (Å²) in [4.78, 5) is 13.8. The van der Waals surface area contributed by atoms with Crippen LogP contribution >= 0.6 is 11.3 Å². The number of rotatable bonds is 6. The molecule has 4 nitrogen and oxygen atoms in total. The molecule has 1 aromatic heterocycles. The smallest absolute Gasteiger partial charge is 0.376 e. The summed E-state index contributed by atoms with van der Waals surface area (Å²) in [6.07, 6.45) is -3.18. The molecule has 2 N–H and O–H groups in total. The van der Waals surface area contributed by atoms with Gasteiger partial charge in [-0.1, -0.05) is 12.1 Å². The van der Waals surface area contributed by atoms with Gasteiger partial charge in [-0.3, -0.25) is 4.79 Å². The lowest BCUT2D eigenvalue weighted by molar-refractivity contribution is -0.137. The fourth-order valence-electron chi connectivity index (χ4n) is 2.85. The van der Waals surface area contributed by atoms with Crippen molar-refractivity contribution in [2.24, 2.45) is 0 Å². The van der Waals surface area contributed by atoms with E-state index in [1.807, 2.05) is 12.1 Å². The van der Waals surface area contributed by atoms with Crippen LogP contribution in [-0.2, 0) is 22.1 Å². The molecular formula is C19H21F3N2O2S. The number of halogens is 3. The largest absolute Gasteiger partial charge is 0.416 e. The lowest BCUT2D eigenvalue weighted by Gasteiger charge is -2.23. The van der Waals surface area contributed by atoms with Gasteiger partial charge < -0.3 is 15.4 Å². The van der Waals surface area contributed by atoms with Gasteiger partial charge in [-0.15, -0.1) is 11.3 Å². The fourth-order valence-corrected chi connectivity index (χ4v) is 3.86. The molecule has 0 aliphatic carbocycles. The quantitative estimate of drug-likeness (QED) is 0.784. The highest BCUT2D eigenvalue weighted by atomic mass is 32.1. The van der Waals surface area contributed by atoms with E-state index in [0.717, 1.165) is 41.4 Å². The first-order chi connectivity index (χ1) is 12.9. The third-order valence-electron chi connectivity index (χ3n) is 4.29. The van der Waals surface area contributed by atoms with E-state index in [4.69, 9.17) is 4.74 Å². The Kier molecular flexibility index (Phi) is 6.51. The topological polar surface area (TPSA) is 50.4 Å². The van der Waals surface area contributed by atoms with Crippen molar-refractivity contribution >= 4 is 17.2 Å². The molecule has 3 rings (SSSR count). The van der Waals surface area contributed by atoms with Crippen LogP contribution < -0.4 is 10.6 Å². The minimum Gasteiger partial charge on any atom is -0.376 e. The Balaban J connectivity index is 1.49. The number of amides is 1. The number of carbonyl (C=O) groups is 1. The maximum Gasteiger partial charge on any atom is 0.416 e. The van der Waals surface area contributed by atoms with Crippen molar-refractivity contribution < 1.29 is 22.7 Å². The highest BCUT2D eigenvalue weighted by Gasteiger charge is 2.30. The van der Waals surface area contributed by atoms with Gasteiger partial charge in [0.25, 0.3) is 0 Å². The molecule has 0 saturated carbocycles. The molecule has 1 fully saturated rings. The van der Waals surface area contributed by atoms with Crippen LogP contribution in [-0.4, -0.2) is 38.3 Å². The molecule has 1 aromatic carbocycles. The second-order valence-corrected chi connectivity index (χ2v) is 7.52. The summed E-state index contributed by atoms with van der Waals surface area (Å²) in [5.74, 6) is -0.0698. The number of morpholine rings is 1. The summed E-state index contributed by atoms with van der Waals surface area (Å²) < 4.78 is 43.5. The summed E-state index contributed by atoms with van der Waals surface area (Å²) in [5, 5.41) is 6.13. The number of ether oxygens (including phenoxy) is 1. The van der Waals surface area contributed by atoms with Crippen LogP contribution in [0.5, 0.6) is 0 Å². The van der Waals surface area contributed by atoms with Crippen molar-refractivity contribution in [2.75, 3.05) is 26.2 Å². The minimum atomic E-state index is -4.34. The van der Waals surface area contributed by atoms with Gasteiger partial charge in [0.2, 0.25) is 5.91 Å². The van der Waals surface area contributed by atoms with E-state index >= 15 is 0 Å². The van der Waals surface area contributed by atoms with Gasteiger partial charge in [0.15, 0.2) is 0 Å². The van der Waals surface area contributed by atoms with E-state index < -0.39 is 11.7 Å². The Hall–Kier alpha value is -1.90. The monoisotopic (exact) mass is 398 g/mol. The lowest BCUT2D eigenvalue weighted by atomic mass is 10.1. The molecule has 27 heavy (non-hydrogen) atoms. The highest BCUT2D eigenvalue weighted by molar-refractivity contribution is 7.15. The summed E-state index contributed by atoms with van der Waals surface area (Å²) in [5.41, 5.74) is 0.0427. The zero-order chi connectivity index (χ0) is 19.3. The number of hydrogen-bond acceptors (Lipinski definition) is 4. The number of carbonyl (C=O) groups excluding carboxylic acids is 1. The number of nitrogens with one attached hydrogen (secondary N) is 2. The molecular weight excluding hydrogens is 377 g/mol. The van der Waals surface area contributed by atoms with Crippen LogP contribution in [0.15, 0.2) is 36.4 Å². The van der Waals surface area contributed by atoms with E-state index in [9.17, 15) is 18.0 Å². The van der Waals surface area contributed by atoms with Crippen LogP contribution in [0.3, 0.4) is 0 Å². The molecule has 1 unspecified atom stereocenters. The van der Waals surface area contributed by atoms with Crippen LogP contribution in [0.25, 0.3) is 10.4 Å². The highest BCUT2D eigenvalue weighted by Crippen LogP contribution is 2.33. The van der Waals surface area contributed by atoms with Gasteiger partial charge in [0.05, 0.1) is 24.7 Å². The van der Waals surface area contributed by atoms with Gasteiger partial charge in [-0.25, -0.2) is 0 Å². The summed E-state index contributed by atoms with van der Waals surface area (Å²) >= 11 is 1.41. The molecule has 1 amide bonds. The van der Waals surface area contributed by atoms with Crippen molar-refractivity contribution in [3.63, 3.8) is 0 Å². The predicted octanol–water partition coefficient (Wildman–Crippen LogP) is 3.47. The summed E-state index contributed by atoms with van der Waals surface area (Å²) in [6, 6.07) is 8.73. The van der Waals surface area contributed by atoms with Gasteiger partial charge in [0, 0.05) is 29.4 Å². The Morgan fingerprint density at radius 1 is 1.22 bits per heavy atom. The summed E-state index contributed by atoms with van der Waals surface area (Å²) in [7, 11) is 0. The molecule has 146 valence electrons. The number of hydrogen-bond donors (Lipinski definition) is 2. The molecule has 1 saturated heterocycles. The molecule has 8 heteroatoms.